The van der Waals surface area contributed by atoms with Crippen molar-refractivity contribution in [2.24, 2.45) is 0 Å². The van der Waals surface area contributed by atoms with E-state index in [4.69, 9.17) is 4.74 Å². The molecule has 1 fully saturated rings. The first-order valence-corrected chi connectivity index (χ1v) is 9.44. The number of nitrogens with zero attached hydrogens (tertiary/aromatic N) is 3. The minimum atomic E-state index is -0.241. The van der Waals surface area contributed by atoms with Gasteiger partial charge in [0.15, 0.2) is 5.13 Å². The highest BCUT2D eigenvalue weighted by Gasteiger charge is 2.22. The molecule has 4 rings (SSSR count). The van der Waals surface area contributed by atoms with Crippen LogP contribution in [0.4, 0.5) is 9.93 Å². The molecule has 0 aliphatic carbocycles. The lowest BCUT2D eigenvalue weighted by molar-refractivity contribution is -0.120. The number of urea groups is 1. The Balaban J connectivity index is 1.66. The molecule has 1 aliphatic heterocycles. The zero-order chi connectivity index (χ0) is 18.8. The second-order valence-corrected chi connectivity index (χ2v) is 7.20. The van der Waals surface area contributed by atoms with Gasteiger partial charge in [0.05, 0.1) is 11.8 Å². The number of rotatable bonds is 3. The van der Waals surface area contributed by atoms with Gasteiger partial charge in [-0.3, -0.25) is 10.1 Å². The molecule has 8 heteroatoms. The third-order valence-corrected chi connectivity index (χ3v) is 5.49. The number of hydrogen-bond acceptors (Lipinski definition) is 6. The van der Waals surface area contributed by atoms with Gasteiger partial charge in [0.2, 0.25) is 5.88 Å². The number of likely N-dealkylation sites (tertiary alicyclic amines) is 1. The smallest absolute Gasteiger partial charge is 0.323 e. The SMILES string of the molecule is COc1ncc(-c2ccccc2)c2sc(NC(=O)N3CCC(=O)CC3)nc12. The number of ketones is 1. The van der Waals surface area contributed by atoms with Crippen molar-refractivity contribution in [1.29, 1.82) is 0 Å². The largest absolute Gasteiger partial charge is 0.479 e. The van der Waals surface area contributed by atoms with Crippen LogP contribution in [0.25, 0.3) is 21.3 Å². The van der Waals surface area contributed by atoms with Crippen molar-refractivity contribution in [3.63, 3.8) is 0 Å². The van der Waals surface area contributed by atoms with Gasteiger partial charge >= 0.3 is 6.03 Å². The van der Waals surface area contributed by atoms with E-state index in [-0.39, 0.29) is 11.8 Å². The lowest BCUT2D eigenvalue weighted by Gasteiger charge is -2.25. The Morgan fingerprint density at radius 3 is 2.67 bits per heavy atom. The Morgan fingerprint density at radius 1 is 1.22 bits per heavy atom. The van der Waals surface area contributed by atoms with E-state index in [1.54, 1.807) is 18.2 Å². The fourth-order valence-electron chi connectivity index (χ4n) is 3.05. The number of carbonyl (C=O) groups is 2. The lowest BCUT2D eigenvalue weighted by atomic mass is 10.1. The fourth-order valence-corrected chi connectivity index (χ4v) is 4.03. The number of pyridine rings is 1. The summed E-state index contributed by atoms with van der Waals surface area (Å²) in [4.78, 5) is 34.4. The van der Waals surface area contributed by atoms with Gasteiger partial charge in [-0.05, 0) is 5.56 Å². The van der Waals surface area contributed by atoms with Gasteiger partial charge in [0.25, 0.3) is 0 Å². The van der Waals surface area contributed by atoms with Gasteiger partial charge < -0.3 is 9.64 Å². The summed E-state index contributed by atoms with van der Waals surface area (Å²) >= 11 is 1.38. The van der Waals surface area contributed by atoms with E-state index >= 15 is 0 Å². The predicted octanol–water partition coefficient (Wildman–Crippen LogP) is 3.56. The van der Waals surface area contributed by atoms with Gasteiger partial charge in [-0.1, -0.05) is 41.7 Å². The van der Waals surface area contributed by atoms with E-state index in [0.717, 1.165) is 15.8 Å². The molecule has 0 atom stereocenters. The first-order valence-electron chi connectivity index (χ1n) is 8.62. The van der Waals surface area contributed by atoms with Gasteiger partial charge in [-0.25, -0.2) is 14.8 Å². The molecule has 0 unspecified atom stereocenters. The number of piperidine rings is 1. The summed E-state index contributed by atoms with van der Waals surface area (Å²) in [5.41, 5.74) is 2.58. The van der Waals surface area contributed by atoms with Crippen molar-refractivity contribution >= 4 is 38.5 Å². The van der Waals surface area contributed by atoms with Crippen LogP contribution in [0.1, 0.15) is 12.8 Å². The number of carbonyl (C=O) groups excluding carboxylic acids is 2. The number of ether oxygens (including phenoxy) is 1. The standard InChI is InChI=1S/C19H18N4O3S/c1-26-17-15-16(14(11-20-17)12-5-3-2-4-6-12)27-18(21-15)22-19(25)23-9-7-13(24)8-10-23/h2-6,11H,7-10H2,1H3,(H,21,22,25). The molecule has 1 aliphatic rings. The van der Waals surface area contributed by atoms with Crippen molar-refractivity contribution in [2.75, 3.05) is 25.5 Å². The molecular formula is C19H18N4O3S. The Labute approximate surface area is 160 Å². The summed E-state index contributed by atoms with van der Waals surface area (Å²) in [7, 11) is 1.55. The van der Waals surface area contributed by atoms with E-state index < -0.39 is 0 Å². The molecule has 3 heterocycles. The molecule has 7 nitrogen and oxygen atoms in total. The average molecular weight is 382 g/mol. The molecule has 0 spiro atoms. The van der Waals surface area contributed by atoms with Crippen LogP contribution >= 0.6 is 11.3 Å². The first kappa shape index (κ1) is 17.4. The average Bonchev–Trinajstić information content (AvgIpc) is 3.11. The summed E-state index contributed by atoms with van der Waals surface area (Å²) in [5, 5.41) is 3.33. The zero-order valence-electron chi connectivity index (χ0n) is 14.8. The van der Waals surface area contributed by atoms with Crippen LogP contribution < -0.4 is 10.1 Å². The first-order chi connectivity index (χ1) is 13.2. The third-order valence-electron chi connectivity index (χ3n) is 4.49. The summed E-state index contributed by atoms with van der Waals surface area (Å²) in [6.45, 7) is 0.880. The number of Topliss-reactive ketones (excluding diaryl/α,β-unsaturated/α-hetero) is 1. The molecule has 2 aromatic heterocycles. The summed E-state index contributed by atoms with van der Waals surface area (Å²) in [5.74, 6) is 0.618. The van der Waals surface area contributed by atoms with Crippen LogP contribution in [0.15, 0.2) is 36.5 Å². The quantitative estimate of drug-likeness (QED) is 0.749. The molecule has 0 bridgehead atoms. The number of amides is 2. The minimum absolute atomic E-state index is 0.197. The highest BCUT2D eigenvalue weighted by molar-refractivity contribution is 7.23. The van der Waals surface area contributed by atoms with Gasteiger partial charge in [-0.15, -0.1) is 0 Å². The molecule has 3 aromatic rings. The third kappa shape index (κ3) is 3.48. The summed E-state index contributed by atoms with van der Waals surface area (Å²) in [6.07, 6.45) is 2.57. The number of nitrogens with one attached hydrogen (secondary N) is 1. The Kier molecular flexibility index (Phi) is 4.72. The highest BCUT2D eigenvalue weighted by Crippen LogP contribution is 2.38. The zero-order valence-corrected chi connectivity index (χ0v) is 15.6. The van der Waals surface area contributed by atoms with E-state index in [2.05, 4.69) is 15.3 Å². The van der Waals surface area contributed by atoms with Crippen molar-refractivity contribution in [3.8, 4) is 17.0 Å². The van der Waals surface area contributed by atoms with E-state index in [9.17, 15) is 9.59 Å². The molecule has 138 valence electrons. The number of hydrogen-bond donors (Lipinski definition) is 1. The Morgan fingerprint density at radius 2 is 1.96 bits per heavy atom. The Bertz CT molecular complexity index is 993. The van der Waals surface area contributed by atoms with Crippen molar-refractivity contribution in [2.45, 2.75) is 12.8 Å². The summed E-state index contributed by atoms with van der Waals surface area (Å²) < 4.78 is 6.24. The number of anilines is 1. The number of fused-ring (bicyclic) bond motifs is 1. The molecule has 0 saturated carbocycles. The topological polar surface area (TPSA) is 84.4 Å². The van der Waals surface area contributed by atoms with Crippen molar-refractivity contribution < 1.29 is 14.3 Å². The number of benzene rings is 1. The van der Waals surface area contributed by atoms with Crippen LogP contribution in [-0.2, 0) is 4.79 Å². The maximum Gasteiger partial charge on any atom is 0.323 e. The molecule has 1 saturated heterocycles. The predicted molar refractivity (Wildman–Crippen MR) is 104 cm³/mol. The van der Waals surface area contributed by atoms with E-state index in [1.807, 2.05) is 30.3 Å². The molecule has 1 N–H and O–H groups in total. The monoisotopic (exact) mass is 382 g/mol. The van der Waals surface area contributed by atoms with E-state index in [1.165, 1.54) is 11.3 Å². The minimum Gasteiger partial charge on any atom is -0.479 e. The van der Waals surface area contributed by atoms with Crippen molar-refractivity contribution in [1.82, 2.24) is 14.9 Å². The maximum atomic E-state index is 12.5. The normalized spacial score (nSPS) is 14.4. The van der Waals surface area contributed by atoms with Gasteiger partial charge in [0.1, 0.15) is 11.3 Å². The van der Waals surface area contributed by atoms with Crippen molar-refractivity contribution in [3.05, 3.63) is 36.5 Å². The second-order valence-electron chi connectivity index (χ2n) is 6.20. The van der Waals surface area contributed by atoms with E-state index in [0.29, 0.717) is 42.5 Å². The van der Waals surface area contributed by atoms with Crippen LogP contribution in [0.3, 0.4) is 0 Å². The molecule has 2 amide bonds. The lowest BCUT2D eigenvalue weighted by Crippen LogP contribution is -2.41. The Hall–Kier alpha value is -3.00. The maximum absolute atomic E-state index is 12.5. The molecule has 0 radical (unpaired) electrons. The van der Waals surface area contributed by atoms with Crippen LogP contribution in [0, 0.1) is 0 Å². The molecular weight excluding hydrogens is 364 g/mol. The molecule has 27 heavy (non-hydrogen) atoms. The van der Waals surface area contributed by atoms with Crippen LogP contribution in [0.5, 0.6) is 5.88 Å². The highest BCUT2D eigenvalue weighted by atomic mass is 32.1. The fraction of sp³-hybridized carbons (Fsp3) is 0.263. The number of methoxy groups -OCH3 is 1. The summed E-state index contributed by atoms with van der Waals surface area (Å²) in [6, 6.07) is 9.66. The number of aromatic nitrogens is 2. The van der Waals surface area contributed by atoms with Gasteiger partial charge in [-0.2, -0.15) is 0 Å². The van der Waals surface area contributed by atoms with Crippen LogP contribution in [0.2, 0.25) is 0 Å². The molecule has 1 aromatic carbocycles. The van der Waals surface area contributed by atoms with Crippen LogP contribution in [-0.4, -0.2) is 46.9 Å². The van der Waals surface area contributed by atoms with Gasteiger partial charge in [0, 0.05) is 37.7 Å². The second kappa shape index (κ2) is 7.32. The number of thiazole rings is 1.